The van der Waals surface area contributed by atoms with Crippen LogP contribution >= 0.6 is 0 Å². The van der Waals surface area contributed by atoms with Crippen LogP contribution in [-0.2, 0) is 10.2 Å². The number of methoxy groups -OCH3 is 1. The molecule has 2 N–H and O–H groups in total. The van der Waals surface area contributed by atoms with Crippen LogP contribution in [0, 0.1) is 12.7 Å². The average Bonchev–Trinajstić information content (AvgIpc) is 2.55. The summed E-state index contributed by atoms with van der Waals surface area (Å²) in [5.74, 6) is -0.483. The van der Waals surface area contributed by atoms with Crippen LogP contribution in [0.5, 0.6) is 5.75 Å². The third-order valence-corrected chi connectivity index (χ3v) is 4.79. The standard InChI is InChI=1S/C18H21FN2O4S/c1-11(2)20-26(23,24)21-16-10-14(6-8-17(16)25-4)18(22)13-5-7-15(19)12(3)9-13/h5-11,20-21H,1-4H3. The first-order chi connectivity index (χ1) is 12.1. The number of ketones is 1. The second kappa shape index (κ2) is 7.84. The Hall–Kier alpha value is -2.45. The molecule has 6 nitrogen and oxygen atoms in total. The van der Waals surface area contributed by atoms with Crippen LogP contribution in [0.25, 0.3) is 0 Å². The first kappa shape index (κ1) is 19.9. The second-order valence-electron chi connectivity index (χ2n) is 6.09. The summed E-state index contributed by atoms with van der Waals surface area (Å²) < 4.78 is 47.5. The Labute approximate surface area is 152 Å². The highest BCUT2D eigenvalue weighted by Gasteiger charge is 2.18. The number of benzene rings is 2. The molecule has 2 aromatic carbocycles. The molecule has 0 aliphatic rings. The number of anilines is 1. The van der Waals surface area contributed by atoms with Crippen LogP contribution in [0.4, 0.5) is 10.1 Å². The topological polar surface area (TPSA) is 84.5 Å². The van der Waals surface area contributed by atoms with E-state index in [4.69, 9.17) is 4.74 Å². The maximum atomic E-state index is 13.4. The van der Waals surface area contributed by atoms with Crippen LogP contribution in [-0.4, -0.2) is 27.4 Å². The van der Waals surface area contributed by atoms with Crippen LogP contribution in [0.3, 0.4) is 0 Å². The number of halogens is 1. The Morgan fingerprint density at radius 3 is 2.31 bits per heavy atom. The third-order valence-electron chi connectivity index (χ3n) is 3.52. The Kier molecular flexibility index (Phi) is 5.99. The zero-order valence-electron chi connectivity index (χ0n) is 15.0. The van der Waals surface area contributed by atoms with Crippen molar-refractivity contribution in [2.24, 2.45) is 0 Å². The van der Waals surface area contributed by atoms with Crippen molar-refractivity contribution >= 4 is 21.7 Å². The zero-order chi connectivity index (χ0) is 19.5. The number of rotatable bonds is 7. The first-order valence-corrected chi connectivity index (χ1v) is 9.40. The summed E-state index contributed by atoms with van der Waals surface area (Å²) in [7, 11) is -2.43. The number of hydrogen-bond donors (Lipinski definition) is 2. The van der Waals surface area contributed by atoms with Crippen molar-refractivity contribution in [1.29, 1.82) is 0 Å². The number of aryl methyl sites for hydroxylation is 1. The van der Waals surface area contributed by atoms with E-state index in [0.717, 1.165) is 0 Å². The van der Waals surface area contributed by atoms with E-state index in [9.17, 15) is 17.6 Å². The van der Waals surface area contributed by atoms with Crippen LogP contribution < -0.4 is 14.2 Å². The molecule has 0 saturated carbocycles. The molecule has 0 atom stereocenters. The molecule has 0 radical (unpaired) electrons. The van der Waals surface area contributed by atoms with Gasteiger partial charge in [-0.2, -0.15) is 13.1 Å². The molecule has 0 aliphatic carbocycles. The van der Waals surface area contributed by atoms with Gasteiger partial charge in [-0.1, -0.05) is 0 Å². The summed E-state index contributed by atoms with van der Waals surface area (Å²) in [5, 5.41) is 0. The van der Waals surface area contributed by atoms with Gasteiger partial charge in [0.05, 0.1) is 12.8 Å². The molecule has 2 aromatic rings. The van der Waals surface area contributed by atoms with Crippen molar-refractivity contribution in [3.63, 3.8) is 0 Å². The van der Waals surface area contributed by atoms with Gasteiger partial charge in [0.15, 0.2) is 5.78 Å². The normalized spacial score (nSPS) is 11.5. The van der Waals surface area contributed by atoms with Crippen molar-refractivity contribution in [3.8, 4) is 5.75 Å². The average molecular weight is 380 g/mol. The molecule has 0 unspecified atom stereocenters. The van der Waals surface area contributed by atoms with Crippen LogP contribution in [0.2, 0.25) is 0 Å². The van der Waals surface area contributed by atoms with Gasteiger partial charge in [-0.15, -0.1) is 0 Å². The molecule has 0 saturated heterocycles. The van der Waals surface area contributed by atoms with Crippen LogP contribution in [0.1, 0.15) is 35.3 Å². The lowest BCUT2D eigenvalue weighted by molar-refractivity contribution is 0.103. The van der Waals surface area contributed by atoms with Gasteiger partial charge in [-0.3, -0.25) is 9.52 Å². The van der Waals surface area contributed by atoms with E-state index >= 15 is 0 Å². The van der Waals surface area contributed by atoms with Crippen molar-refractivity contribution in [2.45, 2.75) is 26.8 Å². The van der Waals surface area contributed by atoms with E-state index in [0.29, 0.717) is 11.1 Å². The summed E-state index contributed by atoms with van der Waals surface area (Å²) in [6, 6.07) is 8.17. The first-order valence-electron chi connectivity index (χ1n) is 7.92. The number of carbonyl (C=O) groups is 1. The van der Waals surface area contributed by atoms with Crippen LogP contribution in [0.15, 0.2) is 36.4 Å². The predicted molar refractivity (Wildman–Crippen MR) is 98.4 cm³/mol. The van der Waals surface area contributed by atoms with Gasteiger partial charge in [0.1, 0.15) is 11.6 Å². The lowest BCUT2D eigenvalue weighted by Crippen LogP contribution is -2.35. The van der Waals surface area contributed by atoms with Crippen molar-refractivity contribution in [1.82, 2.24) is 4.72 Å². The Balaban J connectivity index is 2.39. The highest BCUT2D eigenvalue weighted by molar-refractivity contribution is 7.90. The second-order valence-corrected chi connectivity index (χ2v) is 7.53. The Morgan fingerprint density at radius 1 is 1.12 bits per heavy atom. The molecule has 0 aliphatic heterocycles. The van der Waals surface area contributed by atoms with E-state index in [1.165, 1.54) is 43.5 Å². The molecule has 0 bridgehead atoms. The lowest BCUT2D eigenvalue weighted by Gasteiger charge is -2.15. The van der Waals surface area contributed by atoms with Gasteiger partial charge in [-0.25, -0.2) is 4.39 Å². The fourth-order valence-corrected chi connectivity index (χ4v) is 3.49. The SMILES string of the molecule is COc1ccc(C(=O)c2ccc(F)c(C)c2)cc1NS(=O)(=O)NC(C)C. The zero-order valence-corrected chi connectivity index (χ0v) is 15.8. The Bertz CT molecular complexity index is 927. The Morgan fingerprint density at radius 2 is 1.73 bits per heavy atom. The maximum absolute atomic E-state index is 13.4. The minimum absolute atomic E-state index is 0.130. The minimum atomic E-state index is -3.83. The molecule has 0 heterocycles. The van der Waals surface area contributed by atoms with E-state index in [2.05, 4.69) is 9.44 Å². The van der Waals surface area contributed by atoms with E-state index in [1.54, 1.807) is 20.8 Å². The summed E-state index contributed by atoms with van der Waals surface area (Å²) in [6.07, 6.45) is 0. The number of ether oxygens (including phenoxy) is 1. The van der Waals surface area contributed by atoms with Gasteiger partial charge in [-0.05, 0) is 62.7 Å². The lowest BCUT2D eigenvalue weighted by atomic mass is 10.0. The molecule has 0 amide bonds. The molecular formula is C18H21FN2O4S. The molecule has 0 spiro atoms. The third kappa shape index (κ3) is 4.80. The summed E-state index contributed by atoms with van der Waals surface area (Å²) in [6.45, 7) is 4.94. The fourth-order valence-electron chi connectivity index (χ4n) is 2.37. The van der Waals surface area contributed by atoms with Crippen molar-refractivity contribution in [2.75, 3.05) is 11.8 Å². The van der Waals surface area contributed by atoms with E-state index < -0.39 is 16.0 Å². The maximum Gasteiger partial charge on any atom is 0.299 e. The number of nitrogens with one attached hydrogen (secondary N) is 2. The van der Waals surface area contributed by atoms with Crippen molar-refractivity contribution < 1.29 is 22.3 Å². The largest absolute Gasteiger partial charge is 0.495 e. The highest BCUT2D eigenvalue weighted by atomic mass is 32.2. The summed E-state index contributed by atoms with van der Waals surface area (Å²) in [5.41, 5.74) is 1.04. The molecule has 0 aromatic heterocycles. The summed E-state index contributed by atoms with van der Waals surface area (Å²) >= 11 is 0. The molecule has 8 heteroatoms. The van der Waals surface area contributed by atoms with Gasteiger partial charge in [0.2, 0.25) is 0 Å². The molecule has 0 fully saturated rings. The minimum Gasteiger partial charge on any atom is -0.495 e. The van der Waals surface area contributed by atoms with Gasteiger partial charge in [0, 0.05) is 17.2 Å². The van der Waals surface area contributed by atoms with E-state index in [1.807, 2.05) is 0 Å². The molecule has 26 heavy (non-hydrogen) atoms. The van der Waals surface area contributed by atoms with Gasteiger partial charge >= 0.3 is 0 Å². The monoisotopic (exact) mass is 380 g/mol. The molecule has 2 rings (SSSR count). The smallest absolute Gasteiger partial charge is 0.299 e. The number of hydrogen-bond acceptors (Lipinski definition) is 4. The number of carbonyl (C=O) groups excluding carboxylic acids is 1. The summed E-state index contributed by atoms with van der Waals surface area (Å²) in [4.78, 5) is 12.6. The molecular weight excluding hydrogens is 359 g/mol. The van der Waals surface area contributed by atoms with Gasteiger partial charge < -0.3 is 4.74 Å². The van der Waals surface area contributed by atoms with Gasteiger partial charge in [0.25, 0.3) is 10.2 Å². The fraction of sp³-hybridized carbons (Fsp3) is 0.278. The predicted octanol–water partition coefficient (Wildman–Crippen LogP) is 3.03. The quantitative estimate of drug-likeness (QED) is 0.723. The van der Waals surface area contributed by atoms with E-state index in [-0.39, 0.29) is 28.8 Å². The molecule has 140 valence electrons. The highest BCUT2D eigenvalue weighted by Crippen LogP contribution is 2.27. The van der Waals surface area contributed by atoms with Crippen molar-refractivity contribution in [3.05, 3.63) is 58.9 Å².